The first-order valence-corrected chi connectivity index (χ1v) is 12.5. The Kier molecular flexibility index (Phi) is 8.91. The number of anilines is 1. The van der Waals surface area contributed by atoms with Crippen molar-refractivity contribution in [1.82, 2.24) is 10.2 Å². The number of piperidine rings is 1. The van der Waals surface area contributed by atoms with Gasteiger partial charge in [-0.2, -0.15) is 0 Å². The van der Waals surface area contributed by atoms with Crippen molar-refractivity contribution in [1.29, 1.82) is 0 Å². The van der Waals surface area contributed by atoms with Gasteiger partial charge in [0, 0.05) is 51.0 Å². The van der Waals surface area contributed by atoms with Crippen LogP contribution in [0.15, 0.2) is 23.2 Å². The van der Waals surface area contributed by atoms with Crippen LogP contribution in [-0.2, 0) is 4.74 Å². The fraction of sp³-hybridized carbons (Fsp3) is 0.720. The molecular formula is C25H40N4O3. The zero-order chi connectivity index (χ0) is 22.0. The van der Waals surface area contributed by atoms with Crippen LogP contribution in [0.2, 0.25) is 0 Å². The smallest absolute Gasteiger partial charge is 0.195 e. The van der Waals surface area contributed by atoms with Gasteiger partial charge in [0.05, 0.1) is 13.2 Å². The van der Waals surface area contributed by atoms with Crippen LogP contribution in [0.25, 0.3) is 0 Å². The summed E-state index contributed by atoms with van der Waals surface area (Å²) >= 11 is 0. The molecule has 2 fully saturated rings. The van der Waals surface area contributed by atoms with Crippen LogP contribution in [0.1, 0.15) is 45.4 Å². The molecule has 178 valence electrons. The summed E-state index contributed by atoms with van der Waals surface area (Å²) < 4.78 is 17.4. The number of nitrogens with zero attached hydrogens (tertiary/aromatic N) is 2. The molecule has 0 aromatic heterocycles. The zero-order valence-electron chi connectivity index (χ0n) is 19.6. The van der Waals surface area contributed by atoms with Gasteiger partial charge in [0.2, 0.25) is 0 Å². The summed E-state index contributed by atoms with van der Waals surface area (Å²) in [6, 6.07) is 6.02. The predicted octanol–water partition coefficient (Wildman–Crippen LogP) is 3.75. The molecule has 1 saturated heterocycles. The molecule has 1 aromatic rings. The lowest BCUT2D eigenvalue weighted by atomic mass is 9.98. The normalized spacial score (nSPS) is 21.8. The molecule has 7 heteroatoms. The standard InChI is InChI=1S/C25H40N4O3/c1-2-29-12-3-6-21(18-29)17-27-25(26-11-4-13-30-19-20-7-8-20)28-22-9-10-23-24(16-22)32-15-5-14-31-23/h9-10,16,20-21H,2-8,11-15,17-19H2,1H3,(H2,26,27,28). The van der Waals surface area contributed by atoms with E-state index in [0.717, 1.165) is 81.3 Å². The second kappa shape index (κ2) is 12.3. The van der Waals surface area contributed by atoms with Crippen LogP contribution in [-0.4, -0.2) is 70.0 Å². The average molecular weight is 445 g/mol. The third kappa shape index (κ3) is 7.55. The highest BCUT2D eigenvalue weighted by Gasteiger charge is 2.21. The Morgan fingerprint density at radius 2 is 2.00 bits per heavy atom. The van der Waals surface area contributed by atoms with Crippen LogP contribution in [0.5, 0.6) is 11.5 Å². The molecule has 32 heavy (non-hydrogen) atoms. The second-order valence-corrected chi connectivity index (χ2v) is 9.23. The van der Waals surface area contributed by atoms with Crippen LogP contribution >= 0.6 is 0 Å². The van der Waals surface area contributed by atoms with E-state index in [4.69, 9.17) is 19.2 Å². The summed E-state index contributed by atoms with van der Waals surface area (Å²) in [4.78, 5) is 7.49. The fourth-order valence-electron chi connectivity index (χ4n) is 4.24. The van der Waals surface area contributed by atoms with Gasteiger partial charge < -0.3 is 29.7 Å². The Balaban J connectivity index is 1.33. The van der Waals surface area contributed by atoms with E-state index < -0.39 is 0 Å². The maximum Gasteiger partial charge on any atom is 0.195 e. The van der Waals surface area contributed by atoms with Gasteiger partial charge in [-0.05, 0) is 69.2 Å². The van der Waals surface area contributed by atoms with E-state index in [-0.39, 0.29) is 0 Å². The summed E-state index contributed by atoms with van der Waals surface area (Å²) in [5.41, 5.74) is 0.962. The third-order valence-corrected chi connectivity index (χ3v) is 6.38. The Hall–Kier alpha value is -1.99. The van der Waals surface area contributed by atoms with Gasteiger partial charge in [0.1, 0.15) is 0 Å². The molecule has 1 aromatic carbocycles. The van der Waals surface area contributed by atoms with Gasteiger partial charge in [-0.25, -0.2) is 0 Å². The number of hydrogen-bond acceptors (Lipinski definition) is 5. The van der Waals surface area contributed by atoms with E-state index in [0.29, 0.717) is 19.1 Å². The lowest BCUT2D eigenvalue weighted by Crippen LogP contribution is -2.37. The van der Waals surface area contributed by atoms with Crippen LogP contribution in [0.3, 0.4) is 0 Å². The lowest BCUT2D eigenvalue weighted by molar-refractivity contribution is 0.123. The molecule has 7 nitrogen and oxygen atoms in total. The quantitative estimate of drug-likeness (QED) is 0.325. The first-order valence-electron chi connectivity index (χ1n) is 12.5. The van der Waals surface area contributed by atoms with Crippen molar-refractivity contribution in [2.24, 2.45) is 16.8 Å². The molecule has 0 amide bonds. The number of guanidine groups is 1. The molecule has 0 radical (unpaired) electrons. The number of rotatable bonds is 10. The predicted molar refractivity (Wildman–Crippen MR) is 129 cm³/mol. The van der Waals surface area contributed by atoms with E-state index >= 15 is 0 Å². The number of fused-ring (bicyclic) bond motifs is 1. The van der Waals surface area contributed by atoms with Crippen LogP contribution < -0.4 is 20.1 Å². The Bertz CT molecular complexity index is 738. The van der Waals surface area contributed by atoms with Crippen molar-refractivity contribution in [3.63, 3.8) is 0 Å². The summed E-state index contributed by atoms with van der Waals surface area (Å²) in [6.07, 6.45) is 7.08. The number of aliphatic imine (C=N–C) groups is 1. The zero-order valence-corrected chi connectivity index (χ0v) is 19.6. The van der Waals surface area contributed by atoms with Crippen molar-refractivity contribution >= 4 is 11.6 Å². The molecular weight excluding hydrogens is 404 g/mol. The number of benzene rings is 1. The molecule has 2 N–H and O–H groups in total. The molecule has 3 aliphatic rings. The Morgan fingerprint density at radius 3 is 2.84 bits per heavy atom. The monoisotopic (exact) mass is 444 g/mol. The molecule has 1 atom stereocenters. The van der Waals surface area contributed by atoms with Crippen LogP contribution in [0, 0.1) is 11.8 Å². The summed E-state index contributed by atoms with van der Waals surface area (Å²) in [6.45, 7) is 10.5. The average Bonchev–Trinajstić information content (AvgIpc) is 3.66. The maximum absolute atomic E-state index is 5.85. The summed E-state index contributed by atoms with van der Waals surface area (Å²) in [5, 5.41) is 6.98. The van der Waals surface area contributed by atoms with E-state index in [1.807, 2.05) is 18.2 Å². The minimum Gasteiger partial charge on any atom is -0.490 e. The van der Waals surface area contributed by atoms with Gasteiger partial charge in [-0.3, -0.25) is 4.99 Å². The number of likely N-dealkylation sites (tertiary alicyclic amines) is 1. The van der Waals surface area contributed by atoms with Crippen molar-refractivity contribution in [2.45, 2.75) is 45.4 Å². The highest BCUT2D eigenvalue weighted by Crippen LogP contribution is 2.32. The van der Waals surface area contributed by atoms with Gasteiger partial charge >= 0.3 is 0 Å². The minimum atomic E-state index is 0.618. The molecule has 0 spiro atoms. The Morgan fingerprint density at radius 1 is 1.12 bits per heavy atom. The molecule has 1 saturated carbocycles. The summed E-state index contributed by atoms with van der Waals surface area (Å²) in [5.74, 6) is 3.88. The topological polar surface area (TPSA) is 67.4 Å². The van der Waals surface area contributed by atoms with E-state index in [2.05, 4.69) is 22.5 Å². The molecule has 2 heterocycles. The van der Waals surface area contributed by atoms with E-state index in [1.54, 1.807) is 0 Å². The summed E-state index contributed by atoms with van der Waals surface area (Å²) in [7, 11) is 0. The number of ether oxygens (including phenoxy) is 3. The minimum absolute atomic E-state index is 0.618. The highest BCUT2D eigenvalue weighted by atomic mass is 16.5. The first kappa shape index (κ1) is 23.2. The SMILES string of the molecule is CCN1CCCC(CN=C(NCCCOCC2CC2)Nc2ccc3c(c2)OCCCO3)C1. The van der Waals surface area contributed by atoms with Gasteiger partial charge in [0.25, 0.3) is 0 Å². The molecule has 0 bridgehead atoms. The van der Waals surface area contributed by atoms with Gasteiger partial charge in [-0.15, -0.1) is 0 Å². The fourth-order valence-corrected chi connectivity index (χ4v) is 4.24. The lowest BCUT2D eigenvalue weighted by Gasteiger charge is -2.31. The molecule has 4 rings (SSSR count). The highest BCUT2D eigenvalue weighted by molar-refractivity contribution is 5.94. The molecule has 2 aliphatic heterocycles. The van der Waals surface area contributed by atoms with Gasteiger partial charge in [0.15, 0.2) is 17.5 Å². The maximum atomic E-state index is 5.85. The van der Waals surface area contributed by atoms with Gasteiger partial charge in [-0.1, -0.05) is 6.92 Å². The second-order valence-electron chi connectivity index (χ2n) is 9.23. The molecule has 1 unspecified atom stereocenters. The van der Waals surface area contributed by atoms with Crippen LogP contribution in [0.4, 0.5) is 5.69 Å². The van der Waals surface area contributed by atoms with Crippen molar-refractivity contribution in [3.8, 4) is 11.5 Å². The Labute approximate surface area is 192 Å². The van der Waals surface area contributed by atoms with Crippen molar-refractivity contribution in [3.05, 3.63) is 18.2 Å². The molecule has 1 aliphatic carbocycles. The largest absolute Gasteiger partial charge is 0.490 e. The van der Waals surface area contributed by atoms with E-state index in [9.17, 15) is 0 Å². The van der Waals surface area contributed by atoms with Crippen molar-refractivity contribution < 1.29 is 14.2 Å². The van der Waals surface area contributed by atoms with E-state index in [1.165, 1.54) is 32.2 Å². The third-order valence-electron chi connectivity index (χ3n) is 6.38. The number of nitrogens with one attached hydrogen (secondary N) is 2. The van der Waals surface area contributed by atoms with Crippen molar-refractivity contribution in [2.75, 3.05) is 64.5 Å². The first-order chi connectivity index (χ1) is 15.8. The number of hydrogen-bond donors (Lipinski definition) is 2.